The molecule has 1 unspecified atom stereocenters. The van der Waals surface area contributed by atoms with Gasteiger partial charge in [-0.05, 0) is 26.0 Å². The Kier molecular flexibility index (Phi) is 8.48. The average Bonchev–Trinajstić information content (AvgIpc) is 2.55. The molecule has 0 aliphatic rings. The van der Waals surface area contributed by atoms with Crippen LogP contribution in [0.4, 0.5) is 4.79 Å². The number of carbonyl (C=O) groups excluding carboxylic acids is 2. The van der Waals surface area contributed by atoms with Gasteiger partial charge >= 0.3 is 12.1 Å². The maximum Gasteiger partial charge on any atom is 0.543 e. The first-order valence-electron chi connectivity index (χ1n) is 7.05. The van der Waals surface area contributed by atoms with Crippen LogP contribution in [-0.2, 0) is 24.3 Å². The number of ether oxygens (including phenoxy) is 3. The molecule has 0 heterocycles. The van der Waals surface area contributed by atoms with E-state index in [4.69, 9.17) is 9.47 Å². The fourth-order valence-corrected chi connectivity index (χ4v) is 1.49. The van der Waals surface area contributed by atoms with Gasteiger partial charge in [0.05, 0.1) is 24.4 Å². The summed E-state index contributed by atoms with van der Waals surface area (Å²) in [5.74, 6) is -0.533. The Labute approximate surface area is 134 Å². The molecule has 8 nitrogen and oxygen atoms in total. The van der Waals surface area contributed by atoms with Crippen molar-refractivity contribution in [1.29, 1.82) is 0 Å². The van der Waals surface area contributed by atoms with Crippen molar-refractivity contribution >= 4 is 12.1 Å². The van der Waals surface area contributed by atoms with Gasteiger partial charge in [0.25, 0.3) is 0 Å². The molecule has 0 aliphatic carbocycles. The molecule has 1 aromatic carbocycles. The van der Waals surface area contributed by atoms with Crippen molar-refractivity contribution in [1.82, 2.24) is 0 Å². The highest BCUT2D eigenvalue weighted by atomic mass is 17.5. The Hall–Kier alpha value is -2.32. The summed E-state index contributed by atoms with van der Waals surface area (Å²) >= 11 is 0. The standard InChI is InChI=1S/C15H20O8/c1-4-19-13-8-6-5-7-12(13)14(16)21-23-22-15(17)20-10-9-11(2)18-3/h5-8,11H,4,9-10H2,1-3H3. The highest BCUT2D eigenvalue weighted by Crippen LogP contribution is 2.19. The van der Waals surface area contributed by atoms with Crippen molar-refractivity contribution in [3.8, 4) is 5.75 Å². The highest BCUT2D eigenvalue weighted by molar-refractivity contribution is 5.92. The molecule has 1 aromatic rings. The third-order valence-electron chi connectivity index (χ3n) is 2.77. The summed E-state index contributed by atoms with van der Waals surface area (Å²) in [4.78, 5) is 31.5. The fraction of sp³-hybridized carbons (Fsp3) is 0.467. The summed E-state index contributed by atoms with van der Waals surface area (Å²) in [7, 11) is 1.55. The molecule has 8 heteroatoms. The minimum absolute atomic E-state index is 0.0587. The first kappa shape index (κ1) is 18.7. The van der Waals surface area contributed by atoms with E-state index in [0.29, 0.717) is 18.8 Å². The second-order valence-electron chi connectivity index (χ2n) is 4.38. The lowest BCUT2D eigenvalue weighted by atomic mass is 10.2. The van der Waals surface area contributed by atoms with Crippen LogP contribution in [0.2, 0.25) is 0 Å². The Morgan fingerprint density at radius 3 is 2.61 bits per heavy atom. The highest BCUT2D eigenvalue weighted by Gasteiger charge is 2.16. The minimum atomic E-state index is -1.13. The molecule has 128 valence electrons. The number of hydrogen-bond donors (Lipinski definition) is 0. The number of carbonyl (C=O) groups is 2. The summed E-state index contributed by atoms with van der Waals surface area (Å²) in [6.07, 6.45) is -0.691. The predicted octanol–water partition coefficient (Wildman–Crippen LogP) is 2.67. The van der Waals surface area contributed by atoms with Gasteiger partial charge < -0.3 is 14.2 Å². The van der Waals surface area contributed by atoms with E-state index >= 15 is 0 Å². The lowest BCUT2D eigenvalue weighted by Crippen LogP contribution is -2.15. The van der Waals surface area contributed by atoms with Crippen LogP contribution >= 0.6 is 0 Å². The van der Waals surface area contributed by atoms with Gasteiger partial charge in [0.1, 0.15) is 11.3 Å². The van der Waals surface area contributed by atoms with Gasteiger partial charge in [-0.2, -0.15) is 0 Å². The summed E-state index contributed by atoms with van der Waals surface area (Å²) in [5.41, 5.74) is 0.139. The smallest absolute Gasteiger partial charge is 0.493 e. The maximum absolute atomic E-state index is 11.8. The zero-order valence-electron chi connectivity index (χ0n) is 13.3. The third kappa shape index (κ3) is 6.98. The Morgan fingerprint density at radius 1 is 1.17 bits per heavy atom. The molecule has 0 saturated carbocycles. The van der Waals surface area contributed by atoms with Crippen molar-refractivity contribution in [3.05, 3.63) is 29.8 Å². The SMILES string of the molecule is CCOc1ccccc1C(=O)OOOC(=O)OCCC(C)OC. The summed E-state index contributed by atoms with van der Waals surface area (Å²) in [6.45, 7) is 4.07. The molecule has 0 bridgehead atoms. The van der Waals surface area contributed by atoms with Crippen LogP contribution in [0.1, 0.15) is 30.6 Å². The van der Waals surface area contributed by atoms with E-state index < -0.39 is 12.1 Å². The fourth-order valence-electron chi connectivity index (χ4n) is 1.49. The summed E-state index contributed by atoms with van der Waals surface area (Å²) in [6, 6.07) is 6.43. The van der Waals surface area contributed by atoms with Crippen LogP contribution in [0.5, 0.6) is 5.75 Å². The first-order valence-corrected chi connectivity index (χ1v) is 7.05. The van der Waals surface area contributed by atoms with Crippen molar-refractivity contribution < 1.29 is 38.6 Å². The summed E-state index contributed by atoms with van der Waals surface area (Å²) < 4.78 is 14.9. The number of methoxy groups -OCH3 is 1. The molecule has 0 N–H and O–H groups in total. The lowest BCUT2D eigenvalue weighted by molar-refractivity contribution is -0.452. The van der Waals surface area contributed by atoms with Gasteiger partial charge in [0.2, 0.25) is 0 Å². The molecule has 23 heavy (non-hydrogen) atoms. The minimum Gasteiger partial charge on any atom is -0.493 e. The maximum atomic E-state index is 11.8. The molecule has 0 spiro atoms. The van der Waals surface area contributed by atoms with E-state index in [2.05, 4.69) is 19.6 Å². The molecule has 0 aromatic heterocycles. The zero-order chi connectivity index (χ0) is 17.1. The number of para-hydroxylation sites is 1. The Bertz CT molecular complexity index is 502. The van der Waals surface area contributed by atoms with E-state index in [0.717, 1.165) is 0 Å². The van der Waals surface area contributed by atoms with Crippen LogP contribution < -0.4 is 4.74 Å². The molecular weight excluding hydrogens is 308 g/mol. The molecular formula is C15H20O8. The van der Waals surface area contributed by atoms with Crippen LogP contribution in [0.25, 0.3) is 0 Å². The topological polar surface area (TPSA) is 89.5 Å². The lowest BCUT2D eigenvalue weighted by Gasteiger charge is -2.09. The van der Waals surface area contributed by atoms with Gasteiger partial charge in [0, 0.05) is 13.5 Å². The normalized spacial score (nSPS) is 11.4. The van der Waals surface area contributed by atoms with E-state index in [9.17, 15) is 9.59 Å². The molecule has 0 fully saturated rings. The number of benzene rings is 1. The molecule has 0 saturated heterocycles. The van der Waals surface area contributed by atoms with Gasteiger partial charge in [-0.25, -0.2) is 14.5 Å². The second-order valence-corrected chi connectivity index (χ2v) is 4.38. The molecule has 0 aliphatic heterocycles. The second kappa shape index (κ2) is 10.4. The molecule has 0 radical (unpaired) electrons. The predicted molar refractivity (Wildman–Crippen MR) is 77.6 cm³/mol. The molecule has 1 rings (SSSR count). The van der Waals surface area contributed by atoms with E-state index in [1.54, 1.807) is 32.2 Å². The Balaban J connectivity index is 2.32. The number of rotatable bonds is 9. The van der Waals surface area contributed by atoms with Gasteiger partial charge in [0.15, 0.2) is 0 Å². The first-order chi connectivity index (χ1) is 11.1. The third-order valence-corrected chi connectivity index (χ3v) is 2.77. The van der Waals surface area contributed by atoms with Gasteiger partial charge in [-0.3, -0.25) is 4.89 Å². The summed E-state index contributed by atoms with van der Waals surface area (Å²) in [5, 5.41) is 4.12. The van der Waals surface area contributed by atoms with E-state index in [1.165, 1.54) is 6.07 Å². The van der Waals surface area contributed by atoms with Crippen molar-refractivity contribution in [2.24, 2.45) is 0 Å². The average molecular weight is 328 g/mol. The van der Waals surface area contributed by atoms with E-state index in [-0.39, 0.29) is 18.3 Å². The quantitative estimate of drug-likeness (QED) is 0.388. The van der Waals surface area contributed by atoms with Crippen molar-refractivity contribution in [2.75, 3.05) is 20.3 Å². The monoisotopic (exact) mass is 328 g/mol. The number of hydrogen-bond acceptors (Lipinski definition) is 8. The van der Waals surface area contributed by atoms with Crippen molar-refractivity contribution in [2.45, 2.75) is 26.4 Å². The van der Waals surface area contributed by atoms with E-state index in [1.807, 2.05) is 6.92 Å². The Morgan fingerprint density at radius 2 is 1.91 bits per heavy atom. The van der Waals surface area contributed by atoms with Crippen LogP contribution in [0.3, 0.4) is 0 Å². The van der Waals surface area contributed by atoms with Crippen LogP contribution in [0.15, 0.2) is 24.3 Å². The van der Waals surface area contributed by atoms with Gasteiger partial charge in [-0.1, -0.05) is 12.1 Å². The molecule has 1 atom stereocenters. The van der Waals surface area contributed by atoms with Crippen LogP contribution in [-0.4, -0.2) is 38.6 Å². The largest absolute Gasteiger partial charge is 0.543 e. The van der Waals surface area contributed by atoms with Crippen molar-refractivity contribution in [3.63, 3.8) is 0 Å². The molecule has 0 amide bonds. The van der Waals surface area contributed by atoms with Gasteiger partial charge in [-0.15, -0.1) is 0 Å². The van der Waals surface area contributed by atoms with Crippen LogP contribution in [0, 0.1) is 0 Å². The zero-order valence-corrected chi connectivity index (χ0v) is 13.3.